The molecular formula is C17H20N4O7S. The highest BCUT2D eigenvalue weighted by atomic mass is 32.1. The minimum atomic E-state index is -0.975. The highest BCUT2D eigenvalue weighted by Crippen LogP contribution is 2.18. The first kappa shape index (κ1) is 22.2. The largest absolute Gasteiger partial charge is 0.463 e. The number of carbonyl (C=O) groups excluding carboxylic acids is 3. The van der Waals surface area contributed by atoms with Crippen molar-refractivity contribution < 1.29 is 28.8 Å². The number of para-hydroxylation sites is 1. The van der Waals surface area contributed by atoms with Gasteiger partial charge in [0, 0.05) is 26.3 Å². The second-order valence-electron chi connectivity index (χ2n) is 5.95. The third kappa shape index (κ3) is 5.93. The monoisotopic (exact) mass is 424 g/mol. The Hall–Kier alpha value is -3.12. The standard InChI is InChI=1S/C17H20N4O7S/c1-27-8-9-28-14(22)10-13-16(24)18-6-7-20(13)17(29)19-15(23)11-4-2-3-5-12(11)21(25)26/h2-5,13H,6-10H2,1H3,(H,18,24)(H,19,23,29). The Morgan fingerprint density at radius 2 is 2.10 bits per heavy atom. The first-order chi connectivity index (χ1) is 13.8. The number of methoxy groups -OCH3 is 1. The minimum Gasteiger partial charge on any atom is -0.463 e. The predicted molar refractivity (Wildman–Crippen MR) is 104 cm³/mol. The van der Waals surface area contributed by atoms with Crippen molar-refractivity contribution in [1.29, 1.82) is 0 Å². The quantitative estimate of drug-likeness (QED) is 0.203. The predicted octanol–water partition coefficient (Wildman–Crippen LogP) is -0.0104. The summed E-state index contributed by atoms with van der Waals surface area (Å²) in [5.74, 6) is -1.85. The molecule has 1 heterocycles. The summed E-state index contributed by atoms with van der Waals surface area (Å²) in [7, 11) is 1.46. The van der Waals surface area contributed by atoms with Gasteiger partial charge in [0.1, 0.15) is 18.2 Å². The van der Waals surface area contributed by atoms with E-state index in [-0.39, 0.29) is 49.1 Å². The van der Waals surface area contributed by atoms with Gasteiger partial charge in [0.15, 0.2) is 5.11 Å². The molecule has 12 heteroatoms. The van der Waals surface area contributed by atoms with Gasteiger partial charge in [-0.1, -0.05) is 12.1 Å². The molecule has 1 unspecified atom stereocenters. The Bertz CT molecular complexity index is 817. The van der Waals surface area contributed by atoms with Crippen LogP contribution >= 0.6 is 12.2 Å². The van der Waals surface area contributed by atoms with E-state index in [9.17, 15) is 24.5 Å². The average Bonchev–Trinajstić information content (AvgIpc) is 2.69. The van der Waals surface area contributed by atoms with Gasteiger partial charge in [-0.2, -0.15) is 0 Å². The zero-order chi connectivity index (χ0) is 21.4. The van der Waals surface area contributed by atoms with Crippen LogP contribution in [0.5, 0.6) is 0 Å². The number of rotatable bonds is 7. The second-order valence-corrected chi connectivity index (χ2v) is 6.34. The molecule has 2 amide bonds. The second kappa shape index (κ2) is 10.4. The third-order valence-electron chi connectivity index (χ3n) is 4.07. The molecule has 0 saturated carbocycles. The van der Waals surface area contributed by atoms with Crippen molar-refractivity contribution in [1.82, 2.24) is 15.5 Å². The fourth-order valence-corrected chi connectivity index (χ4v) is 2.99. The van der Waals surface area contributed by atoms with Gasteiger partial charge >= 0.3 is 5.97 Å². The van der Waals surface area contributed by atoms with Gasteiger partial charge in [-0.05, 0) is 18.3 Å². The van der Waals surface area contributed by atoms with E-state index in [1.807, 2.05) is 0 Å². The number of thiocarbonyl (C=S) groups is 1. The van der Waals surface area contributed by atoms with Gasteiger partial charge in [-0.15, -0.1) is 0 Å². The van der Waals surface area contributed by atoms with E-state index < -0.39 is 28.7 Å². The lowest BCUT2D eigenvalue weighted by molar-refractivity contribution is -0.385. The molecule has 0 spiro atoms. The van der Waals surface area contributed by atoms with Crippen molar-refractivity contribution >= 4 is 40.8 Å². The number of hydrogen-bond donors (Lipinski definition) is 2. The normalized spacial score (nSPS) is 16.0. The summed E-state index contributed by atoms with van der Waals surface area (Å²) in [4.78, 5) is 48.5. The van der Waals surface area contributed by atoms with Crippen LogP contribution < -0.4 is 10.6 Å². The summed E-state index contributed by atoms with van der Waals surface area (Å²) >= 11 is 5.22. The van der Waals surface area contributed by atoms with Crippen LogP contribution in [0.15, 0.2) is 24.3 Å². The van der Waals surface area contributed by atoms with Crippen LogP contribution in [0.3, 0.4) is 0 Å². The van der Waals surface area contributed by atoms with Crippen LogP contribution in [0.1, 0.15) is 16.8 Å². The lowest BCUT2D eigenvalue weighted by atomic mass is 10.1. The number of esters is 1. The number of amides is 2. The average molecular weight is 424 g/mol. The summed E-state index contributed by atoms with van der Waals surface area (Å²) in [5.41, 5.74) is -0.542. The topological polar surface area (TPSA) is 140 Å². The molecule has 1 aromatic carbocycles. The SMILES string of the molecule is COCCOC(=O)CC1C(=O)NCCN1C(=S)NC(=O)c1ccccc1[N+](=O)[O-]. The Morgan fingerprint density at radius 1 is 1.38 bits per heavy atom. The molecular weight excluding hydrogens is 404 g/mol. The summed E-state index contributed by atoms with van der Waals surface area (Å²) in [6, 6.07) is 4.44. The number of nitro groups is 1. The van der Waals surface area contributed by atoms with Gasteiger partial charge < -0.3 is 19.7 Å². The molecule has 1 aliphatic heterocycles. The summed E-state index contributed by atoms with van der Waals surface area (Å²) in [6.45, 7) is 0.770. The Kier molecular flexibility index (Phi) is 7.98. The molecule has 1 aliphatic rings. The molecule has 11 nitrogen and oxygen atoms in total. The van der Waals surface area contributed by atoms with Crippen molar-refractivity contribution in [3.8, 4) is 0 Å². The van der Waals surface area contributed by atoms with Gasteiger partial charge in [-0.3, -0.25) is 29.8 Å². The van der Waals surface area contributed by atoms with E-state index in [1.165, 1.54) is 36.3 Å². The van der Waals surface area contributed by atoms with Gasteiger partial charge in [-0.25, -0.2) is 0 Å². The van der Waals surface area contributed by atoms with Gasteiger partial charge in [0.2, 0.25) is 5.91 Å². The lowest BCUT2D eigenvalue weighted by Gasteiger charge is -2.36. The molecule has 0 aromatic heterocycles. The molecule has 156 valence electrons. The maximum atomic E-state index is 12.5. The van der Waals surface area contributed by atoms with Crippen LogP contribution in [-0.2, 0) is 19.1 Å². The number of carbonyl (C=O) groups is 3. The van der Waals surface area contributed by atoms with Crippen molar-refractivity contribution in [2.45, 2.75) is 12.5 Å². The maximum Gasteiger partial charge on any atom is 0.308 e. The van der Waals surface area contributed by atoms with Crippen LogP contribution in [0, 0.1) is 10.1 Å². The van der Waals surface area contributed by atoms with E-state index in [4.69, 9.17) is 21.7 Å². The van der Waals surface area contributed by atoms with Crippen LogP contribution in [0.4, 0.5) is 5.69 Å². The van der Waals surface area contributed by atoms with Crippen molar-refractivity contribution in [2.24, 2.45) is 0 Å². The van der Waals surface area contributed by atoms with E-state index in [1.54, 1.807) is 0 Å². The van der Waals surface area contributed by atoms with E-state index in [0.717, 1.165) is 0 Å². The van der Waals surface area contributed by atoms with Crippen LogP contribution in [-0.4, -0.2) is 72.2 Å². The van der Waals surface area contributed by atoms with Gasteiger partial charge in [0.05, 0.1) is 18.0 Å². The summed E-state index contributed by atoms with van der Waals surface area (Å²) < 4.78 is 9.77. The first-order valence-corrected chi connectivity index (χ1v) is 9.03. The maximum absolute atomic E-state index is 12.5. The number of benzene rings is 1. The summed E-state index contributed by atoms with van der Waals surface area (Å²) in [6.07, 6.45) is -0.281. The van der Waals surface area contributed by atoms with E-state index in [0.29, 0.717) is 0 Å². The molecule has 2 rings (SSSR count). The van der Waals surface area contributed by atoms with E-state index >= 15 is 0 Å². The number of hydrogen-bond acceptors (Lipinski definition) is 8. The summed E-state index contributed by atoms with van der Waals surface area (Å²) in [5, 5.41) is 16.0. The highest BCUT2D eigenvalue weighted by molar-refractivity contribution is 7.80. The Balaban J connectivity index is 2.08. The van der Waals surface area contributed by atoms with Crippen molar-refractivity contribution in [3.63, 3.8) is 0 Å². The fourth-order valence-electron chi connectivity index (χ4n) is 2.68. The van der Waals surface area contributed by atoms with Gasteiger partial charge in [0.25, 0.3) is 11.6 Å². The van der Waals surface area contributed by atoms with Crippen molar-refractivity contribution in [2.75, 3.05) is 33.4 Å². The zero-order valence-electron chi connectivity index (χ0n) is 15.6. The lowest BCUT2D eigenvalue weighted by Crippen LogP contribution is -2.60. The molecule has 1 aromatic rings. The number of nitrogens with one attached hydrogen (secondary N) is 2. The van der Waals surface area contributed by atoms with E-state index in [2.05, 4.69) is 10.6 Å². The number of nitro benzene ring substituents is 1. The third-order valence-corrected chi connectivity index (χ3v) is 4.40. The molecule has 1 saturated heterocycles. The Labute approximate surface area is 171 Å². The molecule has 2 N–H and O–H groups in total. The number of piperazine rings is 1. The first-order valence-electron chi connectivity index (χ1n) is 8.62. The zero-order valence-corrected chi connectivity index (χ0v) is 16.4. The highest BCUT2D eigenvalue weighted by Gasteiger charge is 2.34. The molecule has 1 atom stereocenters. The van der Waals surface area contributed by atoms with Crippen LogP contribution in [0.25, 0.3) is 0 Å². The molecule has 0 radical (unpaired) electrons. The molecule has 1 fully saturated rings. The smallest absolute Gasteiger partial charge is 0.308 e. The van der Waals surface area contributed by atoms with Crippen LogP contribution in [0.2, 0.25) is 0 Å². The van der Waals surface area contributed by atoms with Crippen molar-refractivity contribution in [3.05, 3.63) is 39.9 Å². The fraction of sp³-hybridized carbons (Fsp3) is 0.412. The molecule has 0 aliphatic carbocycles. The minimum absolute atomic E-state index is 0.0442. The molecule has 29 heavy (non-hydrogen) atoms. The molecule has 0 bridgehead atoms. The number of ether oxygens (including phenoxy) is 2. The Morgan fingerprint density at radius 3 is 2.79 bits per heavy atom. The number of nitrogens with zero attached hydrogens (tertiary/aromatic N) is 2.